The molecule has 0 aromatic heterocycles. The highest BCUT2D eigenvalue weighted by Gasteiger charge is 2.30. The fourth-order valence-electron chi connectivity index (χ4n) is 2.06. The van der Waals surface area contributed by atoms with Gasteiger partial charge in [0.25, 0.3) is 0 Å². The number of ether oxygens (including phenoxy) is 1. The zero-order chi connectivity index (χ0) is 17.7. The van der Waals surface area contributed by atoms with Crippen molar-refractivity contribution >= 4 is 11.8 Å². The number of carboxylic acid groups (broad SMARTS) is 1. The van der Waals surface area contributed by atoms with Crippen molar-refractivity contribution in [2.45, 2.75) is 19.2 Å². The van der Waals surface area contributed by atoms with E-state index in [1.807, 2.05) is 0 Å². The number of ketones is 1. The summed E-state index contributed by atoms with van der Waals surface area (Å²) < 4.78 is 40.1. The van der Waals surface area contributed by atoms with Crippen molar-refractivity contribution in [2.75, 3.05) is 0 Å². The van der Waals surface area contributed by atoms with E-state index in [-0.39, 0.29) is 24.4 Å². The second kappa shape index (κ2) is 7.16. The number of benzene rings is 2. The van der Waals surface area contributed by atoms with Gasteiger partial charge in [-0.1, -0.05) is 36.4 Å². The molecule has 0 spiro atoms. The number of aliphatic carboxylic acids is 1. The average molecular weight is 338 g/mol. The maximum Gasteiger partial charge on any atom is 0.573 e. The van der Waals surface area contributed by atoms with Gasteiger partial charge in [-0.25, -0.2) is 0 Å². The number of hydrogen-bond donors (Lipinski definition) is 1. The second-order valence-corrected chi connectivity index (χ2v) is 4.97. The van der Waals surface area contributed by atoms with E-state index in [9.17, 15) is 22.8 Å². The van der Waals surface area contributed by atoms with Crippen molar-refractivity contribution < 1.29 is 32.6 Å². The summed E-state index contributed by atoms with van der Waals surface area (Å²) in [5, 5.41) is 8.56. The monoisotopic (exact) mass is 338 g/mol. The van der Waals surface area contributed by atoms with E-state index < -0.39 is 12.3 Å². The molecule has 0 saturated heterocycles. The fourth-order valence-corrected chi connectivity index (χ4v) is 2.06. The van der Waals surface area contributed by atoms with E-state index in [1.54, 1.807) is 24.3 Å². The number of Topliss-reactive ketones (excluding diaryl/α,β-unsaturated/α-hetero) is 1. The van der Waals surface area contributed by atoms with Gasteiger partial charge in [0.1, 0.15) is 5.75 Å². The number of carboxylic acids is 1. The van der Waals surface area contributed by atoms with Crippen LogP contribution in [0.1, 0.15) is 23.2 Å². The molecule has 0 radical (unpaired) electrons. The zero-order valence-electron chi connectivity index (χ0n) is 12.3. The second-order valence-electron chi connectivity index (χ2n) is 4.97. The number of halogens is 3. The minimum absolute atomic E-state index is 0.0852. The van der Waals surface area contributed by atoms with Gasteiger partial charge in [-0.15, -0.1) is 13.2 Å². The first-order valence-corrected chi connectivity index (χ1v) is 6.96. The molecule has 1 N–H and O–H groups in total. The Morgan fingerprint density at radius 1 is 0.875 bits per heavy atom. The summed E-state index contributed by atoms with van der Waals surface area (Å²) in [5.41, 5.74) is 1.76. The molecule has 0 aliphatic heterocycles. The van der Waals surface area contributed by atoms with Gasteiger partial charge in [0.2, 0.25) is 0 Å². The normalized spacial score (nSPS) is 11.1. The van der Waals surface area contributed by atoms with Crippen LogP contribution in [0.15, 0.2) is 48.5 Å². The molecule has 24 heavy (non-hydrogen) atoms. The first-order valence-electron chi connectivity index (χ1n) is 6.96. The lowest BCUT2D eigenvalue weighted by atomic mass is 10.0. The lowest BCUT2D eigenvalue weighted by Crippen LogP contribution is -2.16. The zero-order valence-corrected chi connectivity index (χ0v) is 12.3. The molecule has 0 aliphatic carbocycles. The van der Waals surface area contributed by atoms with Gasteiger partial charge in [0, 0.05) is 12.0 Å². The van der Waals surface area contributed by atoms with Crippen molar-refractivity contribution in [3.05, 3.63) is 54.1 Å². The summed E-state index contributed by atoms with van der Waals surface area (Å²) in [6.07, 6.45) is -5.06. The van der Waals surface area contributed by atoms with Crippen LogP contribution in [0.25, 0.3) is 11.1 Å². The minimum Gasteiger partial charge on any atom is -0.481 e. The Labute approximate surface area is 135 Å². The number of carbonyl (C=O) groups excluding carboxylic acids is 1. The predicted molar refractivity (Wildman–Crippen MR) is 79.8 cm³/mol. The van der Waals surface area contributed by atoms with Crippen LogP contribution in [0, 0.1) is 0 Å². The maximum absolute atomic E-state index is 12.1. The molecule has 0 bridgehead atoms. The number of carbonyl (C=O) groups is 2. The highest BCUT2D eigenvalue weighted by Crippen LogP contribution is 2.26. The topological polar surface area (TPSA) is 63.6 Å². The van der Waals surface area contributed by atoms with Crippen molar-refractivity contribution in [3.8, 4) is 16.9 Å². The lowest BCUT2D eigenvalue weighted by Gasteiger charge is -2.09. The molecular formula is C17H13F3O4. The van der Waals surface area contributed by atoms with Crippen LogP contribution >= 0.6 is 0 Å². The van der Waals surface area contributed by atoms with E-state index >= 15 is 0 Å². The number of alkyl halides is 3. The molecular weight excluding hydrogens is 325 g/mol. The Bertz CT molecular complexity index is 719. The molecule has 0 atom stereocenters. The highest BCUT2D eigenvalue weighted by atomic mass is 19.4. The smallest absolute Gasteiger partial charge is 0.481 e. The van der Waals surface area contributed by atoms with E-state index in [2.05, 4.69) is 4.74 Å². The average Bonchev–Trinajstić information content (AvgIpc) is 2.52. The molecule has 0 heterocycles. The van der Waals surface area contributed by atoms with E-state index in [1.165, 1.54) is 24.3 Å². The third-order valence-electron chi connectivity index (χ3n) is 3.19. The SMILES string of the molecule is O=C(O)CCC(=O)c1ccc(-c2ccc(OC(F)(F)F)cc2)cc1. The highest BCUT2D eigenvalue weighted by molar-refractivity contribution is 5.97. The number of hydrogen-bond acceptors (Lipinski definition) is 3. The molecule has 7 heteroatoms. The van der Waals surface area contributed by atoms with Gasteiger partial charge in [0.15, 0.2) is 5.78 Å². The summed E-state index contributed by atoms with van der Waals surface area (Å²) in [6, 6.07) is 11.8. The van der Waals surface area contributed by atoms with Crippen LogP contribution in [0.5, 0.6) is 5.75 Å². The summed E-state index contributed by atoms with van der Waals surface area (Å²) in [6.45, 7) is 0. The van der Waals surface area contributed by atoms with Crippen molar-refractivity contribution in [1.29, 1.82) is 0 Å². The van der Waals surface area contributed by atoms with Crippen LogP contribution in [-0.4, -0.2) is 23.2 Å². The lowest BCUT2D eigenvalue weighted by molar-refractivity contribution is -0.274. The third kappa shape index (κ3) is 5.12. The largest absolute Gasteiger partial charge is 0.573 e. The standard InChI is InChI=1S/C17H13F3O4/c18-17(19,20)24-14-7-5-12(6-8-14)11-1-3-13(4-2-11)15(21)9-10-16(22)23/h1-8H,9-10H2,(H,22,23). The number of rotatable bonds is 6. The Kier molecular flexibility index (Phi) is 5.23. The van der Waals surface area contributed by atoms with Gasteiger partial charge in [-0.05, 0) is 23.3 Å². The van der Waals surface area contributed by atoms with Crippen LogP contribution in [0.3, 0.4) is 0 Å². The van der Waals surface area contributed by atoms with Gasteiger partial charge >= 0.3 is 12.3 Å². The van der Waals surface area contributed by atoms with Crippen LogP contribution in [0.4, 0.5) is 13.2 Å². The first kappa shape index (κ1) is 17.5. The van der Waals surface area contributed by atoms with E-state index in [0.29, 0.717) is 16.7 Å². The summed E-state index contributed by atoms with van der Waals surface area (Å²) in [5.74, 6) is -1.63. The molecule has 2 aromatic carbocycles. The molecule has 2 aromatic rings. The summed E-state index contributed by atoms with van der Waals surface area (Å²) >= 11 is 0. The van der Waals surface area contributed by atoms with Crippen molar-refractivity contribution in [2.24, 2.45) is 0 Å². The minimum atomic E-state index is -4.74. The maximum atomic E-state index is 12.1. The summed E-state index contributed by atoms with van der Waals surface area (Å²) in [4.78, 5) is 22.2. The van der Waals surface area contributed by atoms with E-state index in [4.69, 9.17) is 5.11 Å². The molecule has 0 saturated carbocycles. The fraction of sp³-hybridized carbons (Fsp3) is 0.176. The van der Waals surface area contributed by atoms with Crippen LogP contribution in [0.2, 0.25) is 0 Å². The Hall–Kier alpha value is -2.83. The first-order chi connectivity index (χ1) is 11.2. The molecule has 4 nitrogen and oxygen atoms in total. The molecule has 126 valence electrons. The van der Waals surface area contributed by atoms with Crippen molar-refractivity contribution in [3.63, 3.8) is 0 Å². The van der Waals surface area contributed by atoms with Crippen LogP contribution < -0.4 is 4.74 Å². The van der Waals surface area contributed by atoms with Gasteiger partial charge in [-0.2, -0.15) is 0 Å². The Morgan fingerprint density at radius 3 is 1.83 bits per heavy atom. The molecule has 0 unspecified atom stereocenters. The molecule has 0 amide bonds. The quantitative estimate of drug-likeness (QED) is 0.798. The Morgan fingerprint density at radius 2 is 1.38 bits per heavy atom. The Balaban J connectivity index is 2.07. The molecule has 2 rings (SSSR count). The van der Waals surface area contributed by atoms with Gasteiger partial charge in [-0.3, -0.25) is 9.59 Å². The third-order valence-corrected chi connectivity index (χ3v) is 3.19. The van der Waals surface area contributed by atoms with Crippen molar-refractivity contribution in [1.82, 2.24) is 0 Å². The molecule has 0 aliphatic rings. The van der Waals surface area contributed by atoms with E-state index in [0.717, 1.165) is 0 Å². The van der Waals surface area contributed by atoms with Gasteiger partial charge in [0.05, 0.1) is 6.42 Å². The molecule has 0 fully saturated rings. The van der Waals surface area contributed by atoms with Gasteiger partial charge < -0.3 is 9.84 Å². The van der Waals surface area contributed by atoms with Crippen LogP contribution in [-0.2, 0) is 4.79 Å². The predicted octanol–water partition coefficient (Wildman–Crippen LogP) is 4.30. The summed E-state index contributed by atoms with van der Waals surface area (Å²) in [7, 11) is 0.